The highest BCUT2D eigenvalue weighted by Gasteiger charge is 2.20. The number of hydrogen-bond acceptors (Lipinski definition) is 2. The van der Waals surface area contributed by atoms with E-state index in [-0.39, 0.29) is 5.82 Å². The van der Waals surface area contributed by atoms with Gasteiger partial charge in [-0.05, 0) is 36.1 Å². The normalized spacial score (nSPS) is 15.2. The molecule has 0 saturated heterocycles. The molecule has 1 unspecified atom stereocenters. The third-order valence-corrected chi connectivity index (χ3v) is 3.90. The zero-order valence-electron chi connectivity index (χ0n) is 11.3. The van der Waals surface area contributed by atoms with Gasteiger partial charge in [-0.25, -0.2) is 4.39 Å². The summed E-state index contributed by atoms with van der Waals surface area (Å²) in [6.45, 7) is 1.65. The molecule has 20 heavy (non-hydrogen) atoms. The van der Waals surface area contributed by atoms with Crippen LogP contribution in [0.15, 0.2) is 48.5 Å². The summed E-state index contributed by atoms with van der Waals surface area (Å²) in [7, 11) is 0. The van der Waals surface area contributed by atoms with Gasteiger partial charge in [-0.3, -0.25) is 0 Å². The van der Waals surface area contributed by atoms with E-state index in [1.165, 1.54) is 11.6 Å². The standard InChI is InChI=1S/C17H18FNO/c18-15-7-6-13-8-10-19(16(13)12-15)11-9-17(20)14-4-2-1-3-5-14/h1-7,12,17,20H,8-11H2. The Labute approximate surface area is 118 Å². The van der Waals surface area contributed by atoms with Crippen molar-refractivity contribution in [2.45, 2.75) is 18.9 Å². The highest BCUT2D eigenvalue weighted by molar-refractivity contribution is 5.58. The van der Waals surface area contributed by atoms with Gasteiger partial charge in [0.15, 0.2) is 0 Å². The van der Waals surface area contributed by atoms with E-state index in [9.17, 15) is 9.50 Å². The van der Waals surface area contributed by atoms with E-state index < -0.39 is 6.10 Å². The number of fused-ring (bicyclic) bond motifs is 1. The Balaban J connectivity index is 1.65. The summed E-state index contributed by atoms with van der Waals surface area (Å²) in [6.07, 6.45) is 1.14. The third kappa shape index (κ3) is 2.68. The molecule has 1 atom stereocenters. The van der Waals surface area contributed by atoms with Crippen molar-refractivity contribution in [3.05, 3.63) is 65.5 Å². The fraction of sp³-hybridized carbons (Fsp3) is 0.294. The Morgan fingerprint density at radius 3 is 2.75 bits per heavy atom. The lowest BCUT2D eigenvalue weighted by atomic mass is 10.1. The number of nitrogens with zero attached hydrogens (tertiary/aromatic N) is 1. The van der Waals surface area contributed by atoms with Crippen molar-refractivity contribution in [2.24, 2.45) is 0 Å². The Bertz CT molecular complexity index is 585. The number of hydrogen-bond donors (Lipinski definition) is 1. The Morgan fingerprint density at radius 2 is 1.95 bits per heavy atom. The first kappa shape index (κ1) is 13.1. The van der Waals surface area contributed by atoms with Gasteiger partial charge in [-0.15, -0.1) is 0 Å². The van der Waals surface area contributed by atoms with Crippen LogP contribution in [0.1, 0.15) is 23.7 Å². The zero-order valence-corrected chi connectivity index (χ0v) is 11.3. The second kappa shape index (κ2) is 5.63. The molecule has 0 aliphatic carbocycles. The van der Waals surface area contributed by atoms with Crippen molar-refractivity contribution in [1.82, 2.24) is 0 Å². The summed E-state index contributed by atoms with van der Waals surface area (Å²) in [5.74, 6) is -0.195. The molecule has 2 nitrogen and oxygen atoms in total. The molecule has 104 valence electrons. The monoisotopic (exact) mass is 271 g/mol. The maximum Gasteiger partial charge on any atom is 0.125 e. The van der Waals surface area contributed by atoms with Crippen LogP contribution in [0.5, 0.6) is 0 Å². The smallest absolute Gasteiger partial charge is 0.125 e. The van der Waals surface area contributed by atoms with E-state index in [4.69, 9.17) is 0 Å². The maximum absolute atomic E-state index is 13.3. The van der Waals surface area contributed by atoms with Crippen LogP contribution >= 0.6 is 0 Å². The fourth-order valence-electron chi connectivity index (χ4n) is 2.77. The van der Waals surface area contributed by atoms with Gasteiger partial charge in [-0.2, -0.15) is 0 Å². The van der Waals surface area contributed by atoms with Gasteiger partial charge in [0, 0.05) is 18.8 Å². The highest BCUT2D eigenvalue weighted by atomic mass is 19.1. The molecule has 1 N–H and O–H groups in total. The highest BCUT2D eigenvalue weighted by Crippen LogP contribution is 2.29. The van der Waals surface area contributed by atoms with Gasteiger partial charge in [0.2, 0.25) is 0 Å². The Morgan fingerprint density at radius 1 is 1.15 bits per heavy atom. The molecule has 2 aromatic carbocycles. The Hall–Kier alpha value is -1.87. The van der Waals surface area contributed by atoms with Crippen molar-refractivity contribution in [3.63, 3.8) is 0 Å². The minimum atomic E-state index is -0.464. The van der Waals surface area contributed by atoms with Crippen LogP contribution in [-0.2, 0) is 6.42 Å². The Kier molecular flexibility index (Phi) is 3.70. The molecule has 1 aliphatic heterocycles. The summed E-state index contributed by atoms with van der Waals surface area (Å²) >= 11 is 0. The molecular formula is C17H18FNO. The van der Waals surface area contributed by atoms with Crippen molar-refractivity contribution in [1.29, 1.82) is 0 Å². The number of rotatable bonds is 4. The number of aliphatic hydroxyl groups is 1. The summed E-state index contributed by atoms with van der Waals surface area (Å²) in [6, 6.07) is 14.6. The first-order chi connectivity index (χ1) is 9.74. The van der Waals surface area contributed by atoms with Crippen LogP contribution in [-0.4, -0.2) is 18.2 Å². The quantitative estimate of drug-likeness (QED) is 0.922. The molecule has 3 rings (SSSR count). The van der Waals surface area contributed by atoms with Crippen LogP contribution in [0.25, 0.3) is 0 Å². The SMILES string of the molecule is OC(CCN1CCc2ccc(F)cc21)c1ccccc1. The van der Waals surface area contributed by atoms with Crippen LogP contribution in [0.3, 0.4) is 0 Å². The lowest BCUT2D eigenvalue weighted by Crippen LogP contribution is -2.23. The van der Waals surface area contributed by atoms with Gasteiger partial charge in [0.05, 0.1) is 6.10 Å². The summed E-state index contributed by atoms with van der Waals surface area (Å²) < 4.78 is 13.3. The minimum absolute atomic E-state index is 0.195. The van der Waals surface area contributed by atoms with Gasteiger partial charge in [-0.1, -0.05) is 36.4 Å². The molecule has 0 amide bonds. The molecule has 0 saturated carbocycles. The summed E-state index contributed by atoms with van der Waals surface area (Å²) in [5, 5.41) is 10.2. The first-order valence-corrected chi connectivity index (χ1v) is 7.00. The van der Waals surface area contributed by atoms with Gasteiger partial charge in [0.25, 0.3) is 0 Å². The second-order valence-corrected chi connectivity index (χ2v) is 5.23. The van der Waals surface area contributed by atoms with Crippen molar-refractivity contribution < 1.29 is 9.50 Å². The predicted molar refractivity (Wildman–Crippen MR) is 78.3 cm³/mol. The van der Waals surface area contributed by atoms with Gasteiger partial charge < -0.3 is 10.0 Å². The van der Waals surface area contributed by atoms with Crippen molar-refractivity contribution in [3.8, 4) is 0 Å². The summed E-state index contributed by atoms with van der Waals surface area (Å²) in [4.78, 5) is 2.16. The third-order valence-electron chi connectivity index (χ3n) is 3.90. The number of aliphatic hydroxyl groups excluding tert-OH is 1. The van der Waals surface area contributed by atoms with Crippen molar-refractivity contribution >= 4 is 5.69 Å². The van der Waals surface area contributed by atoms with Crippen molar-refractivity contribution in [2.75, 3.05) is 18.0 Å². The molecule has 0 spiro atoms. The molecule has 1 heterocycles. The molecule has 0 fully saturated rings. The van der Waals surface area contributed by atoms with E-state index in [1.807, 2.05) is 36.4 Å². The van der Waals surface area contributed by atoms with E-state index in [2.05, 4.69) is 4.90 Å². The average molecular weight is 271 g/mol. The fourth-order valence-corrected chi connectivity index (χ4v) is 2.77. The van der Waals surface area contributed by atoms with Crippen LogP contribution in [0.4, 0.5) is 10.1 Å². The van der Waals surface area contributed by atoms with E-state index in [0.29, 0.717) is 6.42 Å². The molecule has 0 bridgehead atoms. The lowest BCUT2D eigenvalue weighted by Gasteiger charge is -2.21. The van der Waals surface area contributed by atoms with Crippen LogP contribution in [0, 0.1) is 5.82 Å². The van der Waals surface area contributed by atoms with E-state index in [0.717, 1.165) is 30.8 Å². The largest absolute Gasteiger partial charge is 0.388 e. The molecule has 0 radical (unpaired) electrons. The maximum atomic E-state index is 13.3. The number of halogens is 1. The lowest BCUT2D eigenvalue weighted by molar-refractivity contribution is 0.169. The molecular weight excluding hydrogens is 253 g/mol. The van der Waals surface area contributed by atoms with Gasteiger partial charge >= 0.3 is 0 Å². The summed E-state index contributed by atoms with van der Waals surface area (Å²) in [5.41, 5.74) is 3.11. The van der Waals surface area contributed by atoms with Crippen LogP contribution in [0.2, 0.25) is 0 Å². The molecule has 2 aromatic rings. The number of benzene rings is 2. The van der Waals surface area contributed by atoms with E-state index in [1.54, 1.807) is 6.07 Å². The topological polar surface area (TPSA) is 23.5 Å². The molecule has 0 aromatic heterocycles. The first-order valence-electron chi connectivity index (χ1n) is 7.00. The molecule has 1 aliphatic rings. The number of anilines is 1. The van der Waals surface area contributed by atoms with Crippen LogP contribution < -0.4 is 4.90 Å². The second-order valence-electron chi connectivity index (χ2n) is 5.23. The predicted octanol–water partition coefficient (Wildman–Crippen LogP) is 3.31. The minimum Gasteiger partial charge on any atom is -0.388 e. The van der Waals surface area contributed by atoms with E-state index >= 15 is 0 Å². The average Bonchev–Trinajstić information content (AvgIpc) is 2.88. The zero-order chi connectivity index (χ0) is 13.9. The van der Waals surface area contributed by atoms with Gasteiger partial charge in [0.1, 0.15) is 5.82 Å². The molecule has 3 heteroatoms.